The Balaban J connectivity index is 2.28. The normalized spacial score (nSPS) is 11.6. The molecule has 0 fully saturated rings. The average Bonchev–Trinajstić information content (AvgIpc) is 2.78. The summed E-state index contributed by atoms with van der Waals surface area (Å²) in [7, 11) is -3.61. The van der Waals surface area contributed by atoms with E-state index in [2.05, 4.69) is 10.0 Å². The standard InChI is InChI=1S/C14H17ClN2O2S2/c1-3-16-9-11-6-4-5-7-12(11)17-21(18,19)13-8-10(2)14(15)20-13/h4-8,16-17H,3,9H2,1-2H3. The van der Waals surface area contributed by atoms with Gasteiger partial charge in [-0.05, 0) is 36.7 Å². The highest BCUT2D eigenvalue weighted by Crippen LogP contribution is 2.31. The summed E-state index contributed by atoms with van der Waals surface area (Å²) in [4.78, 5) is 0. The van der Waals surface area contributed by atoms with Gasteiger partial charge in [-0.2, -0.15) is 0 Å². The van der Waals surface area contributed by atoms with Gasteiger partial charge in [0.05, 0.1) is 10.0 Å². The Kier molecular flexibility index (Phi) is 5.27. The number of thiophene rings is 1. The molecular formula is C14H17ClN2O2S2. The number of rotatable bonds is 6. The van der Waals surface area contributed by atoms with E-state index in [0.29, 0.717) is 16.6 Å². The highest BCUT2D eigenvalue weighted by Gasteiger charge is 2.19. The molecule has 0 bridgehead atoms. The van der Waals surface area contributed by atoms with Gasteiger partial charge in [-0.3, -0.25) is 4.72 Å². The lowest BCUT2D eigenvalue weighted by atomic mass is 10.2. The molecule has 2 N–H and O–H groups in total. The van der Waals surface area contributed by atoms with Crippen LogP contribution in [0.3, 0.4) is 0 Å². The minimum atomic E-state index is -3.61. The van der Waals surface area contributed by atoms with E-state index < -0.39 is 10.0 Å². The van der Waals surface area contributed by atoms with E-state index in [0.717, 1.165) is 29.0 Å². The maximum atomic E-state index is 12.4. The second kappa shape index (κ2) is 6.79. The van der Waals surface area contributed by atoms with Crippen LogP contribution < -0.4 is 10.0 Å². The molecule has 0 amide bonds. The highest BCUT2D eigenvalue weighted by atomic mass is 35.5. The maximum Gasteiger partial charge on any atom is 0.271 e. The van der Waals surface area contributed by atoms with Crippen molar-refractivity contribution in [3.05, 3.63) is 45.8 Å². The molecule has 4 nitrogen and oxygen atoms in total. The van der Waals surface area contributed by atoms with Gasteiger partial charge in [-0.15, -0.1) is 11.3 Å². The van der Waals surface area contributed by atoms with Crippen molar-refractivity contribution in [3.8, 4) is 0 Å². The minimum Gasteiger partial charge on any atom is -0.313 e. The Morgan fingerprint density at radius 3 is 2.62 bits per heavy atom. The zero-order valence-corrected chi connectivity index (χ0v) is 14.2. The minimum absolute atomic E-state index is 0.225. The van der Waals surface area contributed by atoms with Crippen LogP contribution in [0, 0.1) is 6.92 Å². The zero-order valence-electron chi connectivity index (χ0n) is 11.8. The molecule has 0 unspecified atom stereocenters. The van der Waals surface area contributed by atoms with E-state index >= 15 is 0 Å². The lowest BCUT2D eigenvalue weighted by Gasteiger charge is -2.11. The van der Waals surface area contributed by atoms with Gasteiger partial charge in [0.1, 0.15) is 4.21 Å². The van der Waals surface area contributed by atoms with E-state index in [1.807, 2.05) is 19.1 Å². The first-order chi connectivity index (χ1) is 9.94. The molecule has 0 spiro atoms. The van der Waals surface area contributed by atoms with Crippen molar-refractivity contribution in [2.75, 3.05) is 11.3 Å². The van der Waals surface area contributed by atoms with Crippen molar-refractivity contribution in [2.24, 2.45) is 0 Å². The molecule has 1 aromatic heterocycles. The molecule has 2 aromatic rings. The smallest absolute Gasteiger partial charge is 0.271 e. The first kappa shape index (κ1) is 16.3. The van der Waals surface area contributed by atoms with E-state index in [1.165, 1.54) is 0 Å². The van der Waals surface area contributed by atoms with Crippen LogP contribution >= 0.6 is 22.9 Å². The third kappa shape index (κ3) is 3.97. The monoisotopic (exact) mass is 344 g/mol. The fraction of sp³-hybridized carbons (Fsp3) is 0.286. The van der Waals surface area contributed by atoms with Crippen LogP contribution in [0.2, 0.25) is 4.34 Å². The van der Waals surface area contributed by atoms with Crippen LogP contribution in [-0.2, 0) is 16.6 Å². The van der Waals surface area contributed by atoms with Crippen LogP contribution in [0.4, 0.5) is 5.69 Å². The third-order valence-corrected chi connectivity index (χ3v) is 6.32. The summed E-state index contributed by atoms with van der Waals surface area (Å²) < 4.78 is 28.2. The summed E-state index contributed by atoms with van der Waals surface area (Å²) in [6, 6.07) is 8.93. The number of halogens is 1. The number of hydrogen-bond acceptors (Lipinski definition) is 4. The van der Waals surface area contributed by atoms with Crippen LogP contribution in [-0.4, -0.2) is 15.0 Å². The van der Waals surface area contributed by atoms with E-state index in [4.69, 9.17) is 11.6 Å². The fourth-order valence-corrected chi connectivity index (χ4v) is 4.60. The molecule has 0 atom stereocenters. The summed E-state index contributed by atoms with van der Waals surface area (Å²) in [5.74, 6) is 0. The molecule has 21 heavy (non-hydrogen) atoms. The number of sulfonamides is 1. The summed E-state index contributed by atoms with van der Waals surface area (Å²) in [5.41, 5.74) is 2.26. The van der Waals surface area contributed by atoms with Gasteiger partial charge in [-0.25, -0.2) is 8.42 Å². The molecule has 114 valence electrons. The molecule has 0 saturated heterocycles. The highest BCUT2D eigenvalue weighted by molar-refractivity contribution is 7.94. The van der Waals surface area contributed by atoms with Crippen molar-refractivity contribution < 1.29 is 8.42 Å². The van der Waals surface area contributed by atoms with Gasteiger partial charge in [0.25, 0.3) is 10.0 Å². The SMILES string of the molecule is CCNCc1ccccc1NS(=O)(=O)c1cc(C)c(Cl)s1. The van der Waals surface area contributed by atoms with E-state index in [1.54, 1.807) is 25.1 Å². The Labute approximate surface area is 134 Å². The average molecular weight is 345 g/mol. The lowest BCUT2D eigenvalue weighted by molar-refractivity contribution is 0.603. The number of hydrogen-bond donors (Lipinski definition) is 2. The predicted octanol–water partition coefficient (Wildman–Crippen LogP) is 3.62. The molecule has 0 saturated carbocycles. The second-order valence-corrected chi connectivity index (χ2v) is 8.13. The maximum absolute atomic E-state index is 12.4. The Bertz CT molecular complexity index is 707. The Morgan fingerprint density at radius 1 is 1.29 bits per heavy atom. The van der Waals surface area contributed by atoms with Crippen LogP contribution in [0.1, 0.15) is 18.1 Å². The number of para-hydroxylation sites is 1. The Morgan fingerprint density at radius 2 is 2.00 bits per heavy atom. The van der Waals surface area contributed by atoms with Gasteiger partial charge in [-0.1, -0.05) is 36.7 Å². The molecule has 1 heterocycles. The molecule has 7 heteroatoms. The fourth-order valence-electron chi connectivity index (χ4n) is 1.79. The van der Waals surface area contributed by atoms with Gasteiger partial charge in [0.15, 0.2) is 0 Å². The summed E-state index contributed by atoms with van der Waals surface area (Å²) in [5, 5.41) is 3.19. The predicted molar refractivity (Wildman–Crippen MR) is 88.7 cm³/mol. The van der Waals surface area contributed by atoms with Crippen LogP contribution in [0.25, 0.3) is 0 Å². The molecular weight excluding hydrogens is 328 g/mol. The first-order valence-corrected chi connectivity index (χ1v) is 9.19. The molecule has 2 rings (SSSR count). The van der Waals surface area contributed by atoms with Crippen molar-refractivity contribution in [3.63, 3.8) is 0 Å². The number of nitrogens with one attached hydrogen (secondary N) is 2. The summed E-state index contributed by atoms with van der Waals surface area (Å²) >= 11 is 7.02. The zero-order chi connectivity index (χ0) is 15.5. The van der Waals surface area contributed by atoms with Crippen molar-refractivity contribution in [1.29, 1.82) is 0 Å². The van der Waals surface area contributed by atoms with Gasteiger partial charge in [0, 0.05) is 6.54 Å². The van der Waals surface area contributed by atoms with Gasteiger partial charge >= 0.3 is 0 Å². The summed E-state index contributed by atoms with van der Waals surface area (Å²) in [6.07, 6.45) is 0. The molecule has 0 aliphatic heterocycles. The van der Waals surface area contributed by atoms with Crippen molar-refractivity contribution >= 4 is 38.6 Å². The van der Waals surface area contributed by atoms with E-state index in [-0.39, 0.29) is 4.21 Å². The van der Waals surface area contributed by atoms with Crippen molar-refractivity contribution in [2.45, 2.75) is 24.6 Å². The van der Waals surface area contributed by atoms with E-state index in [9.17, 15) is 8.42 Å². The molecule has 1 aromatic carbocycles. The third-order valence-electron chi connectivity index (χ3n) is 2.93. The number of anilines is 1. The van der Waals surface area contributed by atoms with Crippen LogP contribution in [0.5, 0.6) is 0 Å². The van der Waals surface area contributed by atoms with Gasteiger partial charge in [0.2, 0.25) is 0 Å². The number of benzene rings is 1. The van der Waals surface area contributed by atoms with Crippen molar-refractivity contribution in [1.82, 2.24) is 5.32 Å². The Hall–Kier alpha value is -1.08. The first-order valence-electron chi connectivity index (χ1n) is 6.51. The molecule has 0 aliphatic rings. The summed E-state index contributed by atoms with van der Waals surface area (Å²) in [6.45, 7) is 5.22. The topological polar surface area (TPSA) is 58.2 Å². The van der Waals surface area contributed by atoms with Crippen LogP contribution in [0.15, 0.2) is 34.5 Å². The quantitative estimate of drug-likeness (QED) is 0.841. The molecule has 0 radical (unpaired) electrons. The number of aryl methyl sites for hydroxylation is 1. The molecule has 0 aliphatic carbocycles. The second-order valence-electron chi connectivity index (χ2n) is 4.57. The largest absolute Gasteiger partial charge is 0.313 e. The lowest BCUT2D eigenvalue weighted by Crippen LogP contribution is -2.16. The van der Waals surface area contributed by atoms with Gasteiger partial charge < -0.3 is 5.32 Å².